The Morgan fingerprint density at radius 2 is 1.76 bits per heavy atom. The van der Waals surface area contributed by atoms with Gasteiger partial charge in [0, 0.05) is 30.2 Å². The lowest BCUT2D eigenvalue weighted by atomic mass is 9.92. The summed E-state index contributed by atoms with van der Waals surface area (Å²) in [5.74, 6) is 0.564. The van der Waals surface area contributed by atoms with Crippen molar-refractivity contribution in [3.05, 3.63) is 48.0 Å². The number of nitrogens with zero attached hydrogens (tertiary/aromatic N) is 2. The molecule has 2 atom stereocenters. The Morgan fingerprint density at radius 3 is 2.36 bits per heavy atom. The van der Waals surface area contributed by atoms with Crippen LogP contribution in [0.15, 0.2) is 42.5 Å². The highest BCUT2D eigenvalue weighted by atomic mass is 15.2. The lowest BCUT2D eigenvalue weighted by Crippen LogP contribution is -2.51. The summed E-state index contributed by atoms with van der Waals surface area (Å²) >= 11 is 0. The second-order valence-corrected chi connectivity index (χ2v) is 7.29. The van der Waals surface area contributed by atoms with Crippen molar-refractivity contribution in [3.8, 4) is 11.3 Å². The fraction of sp³-hybridized carbons (Fsp3) is 0.476. The topological polar surface area (TPSA) is 54.2 Å². The van der Waals surface area contributed by atoms with Crippen LogP contribution in [-0.2, 0) is 6.42 Å². The van der Waals surface area contributed by atoms with E-state index in [4.69, 9.17) is 5.73 Å². The summed E-state index contributed by atoms with van der Waals surface area (Å²) in [4.78, 5) is 7.05. The number of rotatable bonds is 5. The number of nitrogen functional groups attached to an aromatic ring is 1. The molecule has 25 heavy (non-hydrogen) atoms. The first kappa shape index (κ1) is 17.9. The van der Waals surface area contributed by atoms with Crippen LogP contribution in [0.5, 0.6) is 0 Å². The fourth-order valence-electron chi connectivity index (χ4n) is 4.01. The van der Waals surface area contributed by atoms with E-state index < -0.39 is 0 Å². The molecule has 0 saturated carbocycles. The quantitative estimate of drug-likeness (QED) is 0.878. The van der Waals surface area contributed by atoms with Crippen LogP contribution >= 0.6 is 0 Å². The Morgan fingerprint density at radius 1 is 1.08 bits per heavy atom. The molecule has 2 unspecified atom stereocenters. The molecule has 2 aromatic rings. The number of benzene rings is 1. The highest BCUT2D eigenvalue weighted by molar-refractivity contribution is 5.61. The second kappa shape index (κ2) is 7.98. The van der Waals surface area contributed by atoms with Crippen LogP contribution in [0.2, 0.25) is 0 Å². The minimum Gasteiger partial charge on any atom is -0.384 e. The molecule has 1 aromatic heterocycles. The van der Waals surface area contributed by atoms with Crippen molar-refractivity contribution in [1.29, 1.82) is 0 Å². The molecule has 3 N–H and O–H groups in total. The van der Waals surface area contributed by atoms with Gasteiger partial charge in [0.1, 0.15) is 5.82 Å². The summed E-state index contributed by atoms with van der Waals surface area (Å²) in [6, 6.07) is 16.4. The Bertz CT molecular complexity index is 671. The van der Waals surface area contributed by atoms with Crippen molar-refractivity contribution in [2.75, 3.05) is 19.3 Å². The fourth-order valence-corrected chi connectivity index (χ4v) is 4.01. The van der Waals surface area contributed by atoms with Gasteiger partial charge in [-0.05, 0) is 57.9 Å². The van der Waals surface area contributed by atoms with Gasteiger partial charge in [0.25, 0.3) is 0 Å². The summed E-state index contributed by atoms with van der Waals surface area (Å²) in [5.41, 5.74) is 9.21. The van der Waals surface area contributed by atoms with Crippen molar-refractivity contribution in [2.45, 2.75) is 51.2 Å². The number of hydrogen-bond acceptors (Lipinski definition) is 4. The van der Waals surface area contributed by atoms with Gasteiger partial charge in [-0.25, -0.2) is 4.98 Å². The molecule has 0 bridgehead atoms. The zero-order chi connectivity index (χ0) is 17.8. The molecule has 1 aliphatic rings. The van der Waals surface area contributed by atoms with E-state index in [1.807, 2.05) is 18.2 Å². The van der Waals surface area contributed by atoms with Gasteiger partial charge >= 0.3 is 0 Å². The second-order valence-electron chi connectivity index (χ2n) is 7.29. The molecule has 1 saturated heterocycles. The maximum atomic E-state index is 5.78. The van der Waals surface area contributed by atoms with E-state index >= 15 is 0 Å². The van der Waals surface area contributed by atoms with Gasteiger partial charge in [0.2, 0.25) is 0 Å². The van der Waals surface area contributed by atoms with Crippen LogP contribution in [0.1, 0.15) is 32.3 Å². The Hall–Kier alpha value is -1.91. The number of anilines is 1. The Kier molecular flexibility index (Phi) is 5.71. The summed E-state index contributed by atoms with van der Waals surface area (Å²) < 4.78 is 0. The van der Waals surface area contributed by atoms with Crippen LogP contribution in [0.3, 0.4) is 0 Å². The molecule has 2 heterocycles. The minimum absolute atomic E-state index is 0.564. The molecule has 0 amide bonds. The molecular weight excluding hydrogens is 308 g/mol. The first-order valence-electron chi connectivity index (χ1n) is 9.31. The molecule has 1 aromatic carbocycles. The highest BCUT2D eigenvalue weighted by Gasteiger charge is 2.29. The van der Waals surface area contributed by atoms with Crippen molar-refractivity contribution in [3.63, 3.8) is 0 Å². The van der Waals surface area contributed by atoms with Gasteiger partial charge in [0.15, 0.2) is 0 Å². The van der Waals surface area contributed by atoms with E-state index in [-0.39, 0.29) is 0 Å². The number of nitrogens with one attached hydrogen (secondary N) is 1. The van der Waals surface area contributed by atoms with Gasteiger partial charge < -0.3 is 11.1 Å². The van der Waals surface area contributed by atoms with Gasteiger partial charge in [0.05, 0.1) is 5.69 Å². The normalized spacial score (nSPS) is 24.4. The summed E-state index contributed by atoms with van der Waals surface area (Å²) in [6.45, 7) is 5.83. The van der Waals surface area contributed by atoms with Crippen LogP contribution in [0.25, 0.3) is 11.3 Å². The smallest absolute Gasteiger partial charge is 0.124 e. The van der Waals surface area contributed by atoms with Crippen molar-refractivity contribution >= 4 is 5.82 Å². The molecule has 1 aliphatic heterocycles. The molecule has 0 aliphatic carbocycles. The van der Waals surface area contributed by atoms with Crippen LogP contribution in [0.4, 0.5) is 5.82 Å². The molecular formula is C21H30N4. The van der Waals surface area contributed by atoms with Crippen LogP contribution in [-0.4, -0.2) is 41.6 Å². The monoisotopic (exact) mass is 338 g/mol. The molecule has 0 spiro atoms. The van der Waals surface area contributed by atoms with Gasteiger partial charge in [-0.1, -0.05) is 30.3 Å². The number of aromatic nitrogens is 1. The number of piperidine rings is 1. The molecule has 4 nitrogen and oxygen atoms in total. The van der Waals surface area contributed by atoms with E-state index in [2.05, 4.69) is 60.4 Å². The first-order valence-corrected chi connectivity index (χ1v) is 9.31. The third-order valence-corrected chi connectivity index (χ3v) is 5.47. The standard InChI is InChI=1S/C21H30N4/c1-15-13-19(23-3)14-16(2)25(15)12-11-17-7-9-18(10-8-17)20-5-4-6-21(22)24-20/h4-10,15-16,19,23H,11-14H2,1-3H3,(H2,22,24). The van der Waals surface area contributed by atoms with E-state index in [1.165, 1.54) is 18.4 Å². The summed E-state index contributed by atoms with van der Waals surface area (Å²) in [5, 5.41) is 3.44. The SMILES string of the molecule is CNC1CC(C)N(CCc2ccc(-c3cccc(N)n3)cc2)C(C)C1. The molecule has 3 rings (SSSR count). The molecule has 0 radical (unpaired) electrons. The van der Waals surface area contributed by atoms with E-state index in [0.29, 0.717) is 23.9 Å². The van der Waals surface area contributed by atoms with Crippen molar-refractivity contribution < 1.29 is 0 Å². The average Bonchev–Trinajstić information content (AvgIpc) is 2.61. The first-order chi connectivity index (χ1) is 12.1. The zero-order valence-corrected chi connectivity index (χ0v) is 15.6. The maximum Gasteiger partial charge on any atom is 0.124 e. The number of likely N-dealkylation sites (tertiary alicyclic amines) is 1. The predicted octanol–water partition coefficient (Wildman–Crippen LogP) is 3.33. The average molecular weight is 338 g/mol. The third-order valence-electron chi connectivity index (χ3n) is 5.47. The summed E-state index contributed by atoms with van der Waals surface area (Å²) in [6.07, 6.45) is 3.56. The van der Waals surface area contributed by atoms with E-state index in [9.17, 15) is 0 Å². The van der Waals surface area contributed by atoms with Gasteiger partial charge in [-0.15, -0.1) is 0 Å². The lowest BCUT2D eigenvalue weighted by Gasteiger charge is -2.42. The van der Waals surface area contributed by atoms with Gasteiger partial charge in [-0.3, -0.25) is 4.90 Å². The Balaban J connectivity index is 1.60. The predicted molar refractivity (Wildman–Crippen MR) is 106 cm³/mol. The number of pyridine rings is 1. The number of hydrogen-bond donors (Lipinski definition) is 2. The lowest BCUT2D eigenvalue weighted by molar-refractivity contribution is 0.0861. The van der Waals surface area contributed by atoms with Gasteiger partial charge in [-0.2, -0.15) is 0 Å². The largest absolute Gasteiger partial charge is 0.384 e. The molecule has 4 heteroatoms. The zero-order valence-electron chi connectivity index (χ0n) is 15.6. The van der Waals surface area contributed by atoms with Crippen LogP contribution < -0.4 is 11.1 Å². The third kappa shape index (κ3) is 4.39. The van der Waals surface area contributed by atoms with Crippen molar-refractivity contribution in [2.24, 2.45) is 0 Å². The maximum absolute atomic E-state index is 5.78. The van der Waals surface area contributed by atoms with Crippen molar-refractivity contribution in [1.82, 2.24) is 15.2 Å². The Labute approximate surface area is 151 Å². The molecule has 1 fully saturated rings. The molecule has 134 valence electrons. The minimum atomic E-state index is 0.564. The summed E-state index contributed by atoms with van der Waals surface area (Å²) in [7, 11) is 2.08. The highest BCUT2D eigenvalue weighted by Crippen LogP contribution is 2.24. The number of nitrogens with two attached hydrogens (primary N) is 1. The van der Waals surface area contributed by atoms with E-state index in [1.54, 1.807) is 0 Å². The van der Waals surface area contributed by atoms with E-state index in [0.717, 1.165) is 24.2 Å². The van der Waals surface area contributed by atoms with Crippen LogP contribution in [0, 0.1) is 0 Å².